The van der Waals surface area contributed by atoms with E-state index < -0.39 is 0 Å². The van der Waals surface area contributed by atoms with Gasteiger partial charge < -0.3 is 16.4 Å². The molecule has 2 amide bonds. The molecular weight excluding hydrogens is 266 g/mol. The van der Waals surface area contributed by atoms with Crippen LogP contribution < -0.4 is 16.4 Å². The van der Waals surface area contributed by atoms with E-state index in [9.17, 15) is 9.59 Å². The first-order valence-corrected chi connectivity index (χ1v) is 7.31. The molecule has 0 saturated carbocycles. The van der Waals surface area contributed by atoms with Crippen molar-refractivity contribution in [2.45, 2.75) is 34.1 Å². The zero-order valence-corrected chi connectivity index (χ0v) is 13.2. The monoisotopic (exact) mass is 291 g/mol. The molecule has 0 aliphatic carbocycles. The molecule has 0 radical (unpaired) electrons. The minimum atomic E-state index is -0.224. The number of benzene rings is 1. The lowest BCUT2D eigenvalue weighted by molar-refractivity contribution is -0.120. The Balaban J connectivity index is 2.91. The molecule has 4 N–H and O–H groups in total. The van der Waals surface area contributed by atoms with E-state index in [4.69, 9.17) is 5.73 Å². The summed E-state index contributed by atoms with van der Waals surface area (Å²) in [6.07, 6.45) is 0.415. The van der Waals surface area contributed by atoms with Crippen LogP contribution in [0.15, 0.2) is 18.2 Å². The fourth-order valence-electron chi connectivity index (χ4n) is 2.05. The van der Waals surface area contributed by atoms with Crippen molar-refractivity contribution in [3.8, 4) is 0 Å². The number of amides is 2. The zero-order valence-electron chi connectivity index (χ0n) is 13.2. The van der Waals surface area contributed by atoms with Gasteiger partial charge in [0.15, 0.2) is 0 Å². The minimum Gasteiger partial charge on any atom is -0.330 e. The van der Waals surface area contributed by atoms with Crippen LogP contribution in [0.1, 0.15) is 32.8 Å². The predicted molar refractivity (Wildman–Crippen MR) is 86.1 cm³/mol. The molecule has 0 aromatic heterocycles. The van der Waals surface area contributed by atoms with Crippen LogP contribution in [-0.2, 0) is 9.59 Å². The third-order valence-electron chi connectivity index (χ3n) is 3.58. The quantitative estimate of drug-likeness (QED) is 0.753. The van der Waals surface area contributed by atoms with Gasteiger partial charge in [-0.15, -0.1) is 0 Å². The predicted octanol–water partition coefficient (Wildman–Crippen LogP) is 2.51. The topological polar surface area (TPSA) is 84.2 Å². The molecule has 0 spiro atoms. The van der Waals surface area contributed by atoms with Crippen molar-refractivity contribution < 1.29 is 9.59 Å². The van der Waals surface area contributed by atoms with Crippen LogP contribution in [0.4, 0.5) is 11.4 Å². The lowest BCUT2D eigenvalue weighted by atomic mass is 9.95. The highest BCUT2D eigenvalue weighted by Crippen LogP contribution is 2.24. The highest BCUT2D eigenvalue weighted by atomic mass is 16.2. The van der Waals surface area contributed by atoms with Gasteiger partial charge in [-0.2, -0.15) is 0 Å². The Labute approximate surface area is 126 Å². The Kier molecular flexibility index (Phi) is 6.37. The molecule has 116 valence electrons. The summed E-state index contributed by atoms with van der Waals surface area (Å²) in [5.41, 5.74) is 7.92. The number of hydrogen-bond donors (Lipinski definition) is 3. The SMILES string of the molecule is CCC(=O)Nc1cccc(NC(=O)C(CN)C(C)C)c1C. The van der Waals surface area contributed by atoms with Gasteiger partial charge in [0.1, 0.15) is 0 Å². The van der Waals surface area contributed by atoms with Crippen LogP contribution >= 0.6 is 0 Å². The summed E-state index contributed by atoms with van der Waals surface area (Å²) in [5.74, 6) is -0.185. The number of rotatable bonds is 6. The summed E-state index contributed by atoms with van der Waals surface area (Å²) in [6.45, 7) is 7.93. The van der Waals surface area contributed by atoms with Gasteiger partial charge >= 0.3 is 0 Å². The second-order valence-electron chi connectivity index (χ2n) is 5.46. The maximum Gasteiger partial charge on any atom is 0.229 e. The first-order valence-electron chi connectivity index (χ1n) is 7.31. The number of nitrogens with two attached hydrogens (primary N) is 1. The molecule has 0 saturated heterocycles. The van der Waals surface area contributed by atoms with Crippen molar-refractivity contribution in [1.82, 2.24) is 0 Å². The highest BCUT2D eigenvalue weighted by molar-refractivity contribution is 5.96. The van der Waals surface area contributed by atoms with Gasteiger partial charge in [-0.05, 0) is 30.5 Å². The van der Waals surface area contributed by atoms with Gasteiger partial charge in [0.05, 0.1) is 5.92 Å². The van der Waals surface area contributed by atoms with E-state index in [-0.39, 0.29) is 23.7 Å². The van der Waals surface area contributed by atoms with Crippen molar-refractivity contribution in [1.29, 1.82) is 0 Å². The lowest BCUT2D eigenvalue weighted by Crippen LogP contribution is -2.33. The number of anilines is 2. The molecule has 1 unspecified atom stereocenters. The van der Waals surface area contributed by atoms with Gasteiger partial charge in [0, 0.05) is 24.3 Å². The summed E-state index contributed by atoms with van der Waals surface area (Å²) in [6, 6.07) is 5.45. The third kappa shape index (κ3) is 4.56. The zero-order chi connectivity index (χ0) is 16.0. The van der Waals surface area contributed by atoms with Gasteiger partial charge in [0.25, 0.3) is 0 Å². The van der Waals surface area contributed by atoms with E-state index >= 15 is 0 Å². The molecule has 0 bridgehead atoms. The summed E-state index contributed by atoms with van der Waals surface area (Å²) < 4.78 is 0. The molecule has 21 heavy (non-hydrogen) atoms. The average molecular weight is 291 g/mol. The molecule has 1 aromatic carbocycles. The standard InChI is InChI=1S/C16H25N3O2/c1-5-15(20)18-13-7-6-8-14(11(13)4)19-16(21)12(9-17)10(2)3/h6-8,10,12H,5,9,17H2,1-4H3,(H,18,20)(H,19,21). The van der Waals surface area contributed by atoms with E-state index in [1.807, 2.05) is 32.9 Å². The normalized spacial score (nSPS) is 12.1. The molecule has 0 fully saturated rings. The van der Waals surface area contributed by atoms with E-state index in [1.54, 1.807) is 13.0 Å². The van der Waals surface area contributed by atoms with Crippen molar-refractivity contribution >= 4 is 23.2 Å². The molecule has 0 aliphatic rings. The highest BCUT2D eigenvalue weighted by Gasteiger charge is 2.21. The van der Waals surface area contributed by atoms with Gasteiger partial charge in [-0.3, -0.25) is 9.59 Å². The van der Waals surface area contributed by atoms with Crippen LogP contribution in [0, 0.1) is 18.8 Å². The summed E-state index contributed by atoms with van der Waals surface area (Å²) >= 11 is 0. The molecular formula is C16H25N3O2. The van der Waals surface area contributed by atoms with Crippen LogP contribution in [-0.4, -0.2) is 18.4 Å². The van der Waals surface area contributed by atoms with Crippen molar-refractivity contribution in [2.24, 2.45) is 17.6 Å². The van der Waals surface area contributed by atoms with Gasteiger partial charge in [-0.25, -0.2) is 0 Å². The molecule has 0 aliphatic heterocycles. The van der Waals surface area contributed by atoms with E-state index in [0.717, 1.165) is 5.56 Å². The summed E-state index contributed by atoms with van der Waals surface area (Å²) in [4.78, 5) is 23.7. The lowest BCUT2D eigenvalue weighted by Gasteiger charge is -2.20. The Morgan fingerprint density at radius 2 is 1.76 bits per heavy atom. The first kappa shape index (κ1) is 17.2. The molecule has 1 aromatic rings. The number of hydrogen-bond acceptors (Lipinski definition) is 3. The van der Waals surface area contributed by atoms with E-state index in [0.29, 0.717) is 24.3 Å². The van der Waals surface area contributed by atoms with Crippen LogP contribution in [0.2, 0.25) is 0 Å². The molecule has 5 heteroatoms. The van der Waals surface area contributed by atoms with E-state index in [1.165, 1.54) is 0 Å². The maximum atomic E-state index is 12.2. The maximum absolute atomic E-state index is 12.2. The largest absolute Gasteiger partial charge is 0.330 e. The first-order chi connectivity index (χ1) is 9.90. The van der Waals surface area contributed by atoms with E-state index in [2.05, 4.69) is 10.6 Å². The number of nitrogens with one attached hydrogen (secondary N) is 2. The Morgan fingerprint density at radius 1 is 1.19 bits per heavy atom. The Hall–Kier alpha value is -1.88. The summed E-state index contributed by atoms with van der Waals surface area (Å²) in [7, 11) is 0. The number of carbonyl (C=O) groups excluding carboxylic acids is 2. The van der Waals surface area contributed by atoms with Crippen LogP contribution in [0.5, 0.6) is 0 Å². The van der Waals surface area contributed by atoms with Gasteiger partial charge in [-0.1, -0.05) is 26.8 Å². The van der Waals surface area contributed by atoms with Crippen molar-refractivity contribution in [3.63, 3.8) is 0 Å². The third-order valence-corrected chi connectivity index (χ3v) is 3.58. The van der Waals surface area contributed by atoms with Crippen molar-refractivity contribution in [3.05, 3.63) is 23.8 Å². The Morgan fingerprint density at radius 3 is 2.24 bits per heavy atom. The average Bonchev–Trinajstić information content (AvgIpc) is 2.43. The van der Waals surface area contributed by atoms with Crippen LogP contribution in [0.25, 0.3) is 0 Å². The molecule has 1 atom stereocenters. The molecule has 5 nitrogen and oxygen atoms in total. The fraction of sp³-hybridized carbons (Fsp3) is 0.500. The summed E-state index contributed by atoms with van der Waals surface area (Å²) in [5, 5.41) is 5.73. The smallest absolute Gasteiger partial charge is 0.229 e. The second kappa shape index (κ2) is 7.78. The second-order valence-corrected chi connectivity index (χ2v) is 5.46. The minimum absolute atomic E-state index is 0.0522. The van der Waals surface area contributed by atoms with Crippen molar-refractivity contribution in [2.75, 3.05) is 17.2 Å². The number of carbonyl (C=O) groups is 2. The van der Waals surface area contributed by atoms with Gasteiger partial charge in [0.2, 0.25) is 11.8 Å². The van der Waals surface area contributed by atoms with Crippen LogP contribution in [0.3, 0.4) is 0 Å². The molecule has 1 rings (SSSR count). The Bertz CT molecular complexity index is 512. The molecule has 0 heterocycles. The fourth-order valence-corrected chi connectivity index (χ4v) is 2.05.